The second-order valence-electron chi connectivity index (χ2n) is 6.68. The molecule has 0 saturated carbocycles. The van der Waals surface area contributed by atoms with E-state index in [1.165, 1.54) is 16.8 Å². The van der Waals surface area contributed by atoms with Crippen LogP contribution in [0.15, 0.2) is 60.7 Å². The molecule has 7 nitrogen and oxygen atoms in total. The maximum Gasteiger partial charge on any atom is 0.416 e. The van der Waals surface area contributed by atoms with Crippen molar-refractivity contribution in [3.8, 4) is 5.69 Å². The van der Waals surface area contributed by atoms with E-state index >= 15 is 0 Å². The Morgan fingerprint density at radius 3 is 2.45 bits per heavy atom. The van der Waals surface area contributed by atoms with E-state index in [0.29, 0.717) is 11.4 Å². The topological polar surface area (TPSA) is 88.0 Å². The van der Waals surface area contributed by atoms with Gasteiger partial charge in [0.05, 0.1) is 16.9 Å². The number of anilines is 2. The molecule has 3 N–H and O–H groups in total. The Kier molecular flexibility index (Phi) is 6.58. The molecule has 0 aliphatic rings. The maximum absolute atomic E-state index is 13.0. The zero-order chi connectivity index (χ0) is 22.4. The molecule has 3 aromatic rings. The Morgan fingerprint density at radius 2 is 1.74 bits per heavy atom. The number of carbonyl (C=O) groups excluding carboxylic acids is 2. The van der Waals surface area contributed by atoms with Crippen molar-refractivity contribution < 1.29 is 22.8 Å². The second kappa shape index (κ2) is 9.33. The van der Waals surface area contributed by atoms with Crippen molar-refractivity contribution >= 4 is 23.4 Å². The summed E-state index contributed by atoms with van der Waals surface area (Å²) in [5, 5.41) is 12.0. The van der Waals surface area contributed by atoms with Crippen LogP contribution in [0.1, 0.15) is 17.7 Å². The number of hydrogen-bond acceptors (Lipinski definition) is 3. The largest absolute Gasteiger partial charge is 0.416 e. The number of nitrogens with zero attached hydrogens (tertiary/aromatic N) is 2. The highest BCUT2D eigenvalue weighted by atomic mass is 19.4. The van der Waals surface area contributed by atoms with E-state index in [2.05, 4.69) is 21.0 Å². The van der Waals surface area contributed by atoms with Crippen LogP contribution in [0.2, 0.25) is 0 Å². The van der Waals surface area contributed by atoms with Crippen molar-refractivity contribution in [2.24, 2.45) is 0 Å². The summed E-state index contributed by atoms with van der Waals surface area (Å²) in [6, 6.07) is 14.6. The third-order valence-corrected chi connectivity index (χ3v) is 4.19. The predicted molar refractivity (Wildman–Crippen MR) is 110 cm³/mol. The van der Waals surface area contributed by atoms with Gasteiger partial charge in [0.15, 0.2) is 0 Å². The van der Waals surface area contributed by atoms with Crippen molar-refractivity contribution in [3.05, 3.63) is 71.9 Å². The lowest BCUT2D eigenvalue weighted by Gasteiger charge is -2.12. The number of carbonyl (C=O) groups is 2. The highest BCUT2D eigenvalue weighted by molar-refractivity contribution is 5.92. The SMILES string of the molecule is Cc1cc(NC(=O)CCNC(=O)Nc2ccccc2)n(-c2cccc(C(F)(F)F)c2)n1. The molecule has 0 aliphatic carbocycles. The van der Waals surface area contributed by atoms with E-state index in [1.807, 2.05) is 6.07 Å². The number of halogens is 3. The van der Waals surface area contributed by atoms with Gasteiger partial charge in [0.1, 0.15) is 5.82 Å². The third kappa shape index (κ3) is 6.08. The summed E-state index contributed by atoms with van der Waals surface area (Å²) >= 11 is 0. The summed E-state index contributed by atoms with van der Waals surface area (Å²) in [5.41, 5.74) is 0.487. The van der Waals surface area contributed by atoms with Crippen molar-refractivity contribution in [1.29, 1.82) is 0 Å². The zero-order valence-corrected chi connectivity index (χ0v) is 16.5. The molecular weight excluding hydrogens is 411 g/mol. The molecule has 0 unspecified atom stereocenters. The van der Waals surface area contributed by atoms with Gasteiger partial charge < -0.3 is 16.0 Å². The molecule has 3 rings (SSSR count). The van der Waals surface area contributed by atoms with E-state index in [0.717, 1.165) is 12.1 Å². The Labute approximate surface area is 176 Å². The van der Waals surface area contributed by atoms with Crippen molar-refractivity contribution in [1.82, 2.24) is 15.1 Å². The molecule has 3 amide bonds. The minimum atomic E-state index is -4.49. The maximum atomic E-state index is 13.0. The quantitative estimate of drug-likeness (QED) is 0.542. The van der Waals surface area contributed by atoms with Crippen LogP contribution in [0.5, 0.6) is 0 Å². The summed E-state index contributed by atoms with van der Waals surface area (Å²) in [5.74, 6) is -0.191. The van der Waals surface area contributed by atoms with Gasteiger partial charge in [-0.1, -0.05) is 24.3 Å². The number of aromatic nitrogens is 2. The number of urea groups is 1. The van der Waals surface area contributed by atoms with Gasteiger partial charge in [-0.15, -0.1) is 0 Å². The molecule has 0 saturated heterocycles. The van der Waals surface area contributed by atoms with Gasteiger partial charge in [0.25, 0.3) is 0 Å². The molecule has 162 valence electrons. The van der Waals surface area contributed by atoms with Gasteiger partial charge in [0, 0.05) is 24.7 Å². The first kappa shape index (κ1) is 21.9. The van der Waals surface area contributed by atoms with E-state index in [4.69, 9.17) is 0 Å². The first-order valence-electron chi connectivity index (χ1n) is 9.36. The van der Waals surface area contributed by atoms with Crippen LogP contribution in [0.4, 0.5) is 29.5 Å². The number of hydrogen-bond donors (Lipinski definition) is 3. The van der Waals surface area contributed by atoms with Crippen LogP contribution in [0.3, 0.4) is 0 Å². The fourth-order valence-corrected chi connectivity index (χ4v) is 2.79. The fraction of sp³-hybridized carbons (Fsp3) is 0.190. The van der Waals surface area contributed by atoms with Crippen LogP contribution in [0, 0.1) is 6.92 Å². The normalized spacial score (nSPS) is 11.1. The third-order valence-electron chi connectivity index (χ3n) is 4.19. The minimum absolute atomic E-state index is 0.0327. The molecule has 0 radical (unpaired) electrons. The van der Waals surface area contributed by atoms with Gasteiger partial charge in [-0.2, -0.15) is 18.3 Å². The van der Waals surface area contributed by atoms with Gasteiger partial charge >= 0.3 is 12.2 Å². The van der Waals surface area contributed by atoms with E-state index < -0.39 is 23.7 Å². The van der Waals surface area contributed by atoms with Crippen LogP contribution < -0.4 is 16.0 Å². The van der Waals surface area contributed by atoms with E-state index in [1.54, 1.807) is 37.3 Å². The number of rotatable bonds is 6. The molecule has 0 spiro atoms. The number of aryl methyl sites for hydroxylation is 1. The van der Waals surface area contributed by atoms with Crippen molar-refractivity contribution in [2.75, 3.05) is 17.2 Å². The number of nitrogens with one attached hydrogen (secondary N) is 3. The summed E-state index contributed by atoms with van der Waals surface area (Å²) in [7, 11) is 0. The molecule has 1 heterocycles. The molecule has 10 heteroatoms. The molecule has 2 aromatic carbocycles. The molecule has 0 fully saturated rings. The predicted octanol–water partition coefficient (Wildman–Crippen LogP) is 4.35. The average Bonchev–Trinajstić information content (AvgIpc) is 3.08. The summed E-state index contributed by atoms with van der Waals surface area (Å²) in [6.45, 7) is 1.73. The first-order chi connectivity index (χ1) is 14.7. The lowest BCUT2D eigenvalue weighted by atomic mass is 10.2. The molecule has 0 atom stereocenters. The molecule has 0 aliphatic heterocycles. The second-order valence-corrected chi connectivity index (χ2v) is 6.68. The van der Waals surface area contributed by atoms with Crippen LogP contribution >= 0.6 is 0 Å². The van der Waals surface area contributed by atoms with Crippen LogP contribution in [0.25, 0.3) is 5.69 Å². The van der Waals surface area contributed by atoms with Crippen molar-refractivity contribution in [3.63, 3.8) is 0 Å². The molecule has 0 bridgehead atoms. The summed E-state index contributed by atoms with van der Waals surface area (Å²) in [6.07, 6.45) is -4.53. The van der Waals surface area contributed by atoms with E-state index in [9.17, 15) is 22.8 Å². The average molecular weight is 431 g/mol. The van der Waals surface area contributed by atoms with E-state index in [-0.39, 0.29) is 24.5 Å². The molecule has 1 aromatic heterocycles. The minimum Gasteiger partial charge on any atom is -0.337 e. The molecular formula is C21H20F3N5O2. The Bertz CT molecular complexity index is 1060. The lowest BCUT2D eigenvalue weighted by Crippen LogP contribution is -2.31. The highest BCUT2D eigenvalue weighted by Crippen LogP contribution is 2.31. The number of amides is 3. The van der Waals surface area contributed by atoms with Gasteiger partial charge in [0.2, 0.25) is 5.91 Å². The standard InChI is InChI=1S/C21H20F3N5O2/c1-14-12-18(29(28-14)17-9-5-6-15(13-17)21(22,23)24)27-19(30)10-11-25-20(31)26-16-7-3-2-4-8-16/h2-9,12-13H,10-11H2,1H3,(H,27,30)(H2,25,26,31). The number of para-hydroxylation sites is 1. The smallest absolute Gasteiger partial charge is 0.337 e. The fourth-order valence-electron chi connectivity index (χ4n) is 2.79. The van der Waals surface area contributed by atoms with Crippen LogP contribution in [-0.4, -0.2) is 28.3 Å². The molecule has 31 heavy (non-hydrogen) atoms. The van der Waals surface area contributed by atoms with Gasteiger partial charge in [-0.25, -0.2) is 9.48 Å². The summed E-state index contributed by atoms with van der Waals surface area (Å²) < 4.78 is 40.2. The summed E-state index contributed by atoms with van der Waals surface area (Å²) in [4.78, 5) is 24.1. The number of alkyl halides is 3. The highest BCUT2D eigenvalue weighted by Gasteiger charge is 2.30. The van der Waals surface area contributed by atoms with Crippen LogP contribution in [-0.2, 0) is 11.0 Å². The van der Waals surface area contributed by atoms with Crippen molar-refractivity contribution in [2.45, 2.75) is 19.5 Å². The monoisotopic (exact) mass is 431 g/mol. The Balaban J connectivity index is 1.59. The van der Waals surface area contributed by atoms with Gasteiger partial charge in [-0.3, -0.25) is 4.79 Å². The Morgan fingerprint density at radius 1 is 1.00 bits per heavy atom. The Hall–Kier alpha value is -3.82. The zero-order valence-electron chi connectivity index (χ0n) is 16.5. The number of benzene rings is 2. The van der Waals surface area contributed by atoms with Gasteiger partial charge in [-0.05, 0) is 37.3 Å². The first-order valence-corrected chi connectivity index (χ1v) is 9.36. The lowest BCUT2D eigenvalue weighted by molar-refractivity contribution is -0.137.